The molecule has 2 atom stereocenters. The first kappa shape index (κ1) is 13.4. The summed E-state index contributed by atoms with van der Waals surface area (Å²) in [6.07, 6.45) is 0.935. The fraction of sp³-hybridized carbons (Fsp3) is 0.538. The van der Waals surface area contributed by atoms with Crippen molar-refractivity contribution < 1.29 is 8.42 Å². The Morgan fingerprint density at radius 2 is 2.06 bits per heavy atom. The van der Waals surface area contributed by atoms with Crippen molar-refractivity contribution in [3.8, 4) is 0 Å². The van der Waals surface area contributed by atoms with Gasteiger partial charge in [-0.3, -0.25) is 0 Å². The molecule has 1 N–H and O–H groups in total. The molecule has 0 amide bonds. The second-order valence-electron chi connectivity index (χ2n) is 5.04. The highest BCUT2D eigenvalue weighted by atomic mass is 32.2. The van der Waals surface area contributed by atoms with Crippen LogP contribution in [0.3, 0.4) is 0 Å². The van der Waals surface area contributed by atoms with Crippen LogP contribution < -0.4 is 5.32 Å². The maximum Gasteiger partial charge on any atom is 0.243 e. The number of rotatable bonds is 3. The van der Waals surface area contributed by atoms with Crippen LogP contribution in [0, 0.1) is 5.92 Å². The van der Waals surface area contributed by atoms with Crippen LogP contribution in [-0.4, -0.2) is 32.4 Å². The maximum absolute atomic E-state index is 12.6. The zero-order valence-corrected chi connectivity index (χ0v) is 11.9. The highest BCUT2D eigenvalue weighted by molar-refractivity contribution is 7.89. The number of nitrogens with zero attached hydrogens (tertiary/aromatic N) is 1. The Morgan fingerprint density at radius 1 is 1.33 bits per heavy atom. The molecule has 0 radical (unpaired) electrons. The molecule has 18 heavy (non-hydrogen) atoms. The van der Waals surface area contributed by atoms with Crippen LogP contribution in [0.25, 0.3) is 0 Å². The van der Waals surface area contributed by atoms with Gasteiger partial charge in [-0.2, -0.15) is 4.31 Å². The van der Waals surface area contributed by atoms with Gasteiger partial charge in [0.25, 0.3) is 0 Å². The van der Waals surface area contributed by atoms with Gasteiger partial charge in [0.1, 0.15) is 0 Å². The van der Waals surface area contributed by atoms with Gasteiger partial charge in [0.2, 0.25) is 10.0 Å². The zero-order valence-electron chi connectivity index (χ0n) is 11.1. The number of benzene rings is 1. The molecule has 1 heterocycles. The van der Waals surface area contributed by atoms with E-state index in [1.54, 1.807) is 29.6 Å². The van der Waals surface area contributed by atoms with Gasteiger partial charge in [-0.05, 0) is 37.5 Å². The van der Waals surface area contributed by atoms with Crippen molar-refractivity contribution in [2.45, 2.75) is 31.2 Å². The monoisotopic (exact) mass is 268 g/mol. The molecule has 4 nitrogen and oxygen atoms in total. The van der Waals surface area contributed by atoms with E-state index in [0.29, 0.717) is 17.4 Å². The molecule has 1 aliphatic rings. The minimum Gasteiger partial charge on any atom is -0.388 e. The summed E-state index contributed by atoms with van der Waals surface area (Å²) in [4.78, 5) is 0.371. The largest absolute Gasteiger partial charge is 0.388 e. The molecule has 1 aromatic rings. The van der Waals surface area contributed by atoms with E-state index < -0.39 is 10.0 Å². The minimum atomic E-state index is -3.36. The van der Waals surface area contributed by atoms with Crippen LogP contribution in [0.4, 0.5) is 5.69 Å². The van der Waals surface area contributed by atoms with Gasteiger partial charge in [-0.15, -0.1) is 0 Å². The summed E-state index contributed by atoms with van der Waals surface area (Å²) in [5.74, 6) is 0.433. The van der Waals surface area contributed by atoms with E-state index in [2.05, 4.69) is 12.2 Å². The van der Waals surface area contributed by atoms with Crippen LogP contribution in [0.1, 0.15) is 20.3 Å². The Kier molecular flexibility index (Phi) is 3.64. The van der Waals surface area contributed by atoms with Crippen molar-refractivity contribution >= 4 is 15.7 Å². The first-order valence-corrected chi connectivity index (χ1v) is 7.69. The average Bonchev–Trinajstić information content (AvgIpc) is 2.69. The number of sulfonamides is 1. The molecule has 0 saturated carbocycles. The lowest BCUT2D eigenvalue weighted by molar-refractivity contribution is 0.405. The Hall–Kier alpha value is -1.07. The molecule has 1 aromatic carbocycles. The van der Waals surface area contributed by atoms with E-state index in [4.69, 9.17) is 0 Å². The molecular formula is C13H20N2O2S. The van der Waals surface area contributed by atoms with Gasteiger partial charge < -0.3 is 5.32 Å². The molecule has 0 bridgehead atoms. The molecule has 0 spiro atoms. The smallest absolute Gasteiger partial charge is 0.243 e. The second-order valence-corrected chi connectivity index (χ2v) is 6.93. The Labute approximate surface area is 109 Å². The Morgan fingerprint density at radius 3 is 2.61 bits per heavy atom. The lowest BCUT2D eigenvalue weighted by atomic mass is 10.1. The standard InChI is InChI=1S/C13H20N2O2S/c1-10-7-11(2)15(9-10)18(16,17)13-6-4-5-12(8-13)14-3/h4-6,8,10-11,14H,7,9H2,1-3H3. The predicted octanol–water partition coefficient (Wildman–Crippen LogP) is 2.15. The van der Waals surface area contributed by atoms with E-state index in [1.165, 1.54) is 0 Å². The Balaban J connectivity index is 2.36. The van der Waals surface area contributed by atoms with Crippen molar-refractivity contribution in [1.29, 1.82) is 0 Å². The van der Waals surface area contributed by atoms with E-state index >= 15 is 0 Å². The molecule has 100 valence electrons. The summed E-state index contributed by atoms with van der Waals surface area (Å²) in [6.45, 7) is 4.69. The van der Waals surface area contributed by atoms with Crippen LogP contribution >= 0.6 is 0 Å². The van der Waals surface area contributed by atoms with Crippen LogP contribution in [-0.2, 0) is 10.0 Å². The molecule has 0 aromatic heterocycles. The summed E-state index contributed by atoms with van der Waals surface area (Å²) in [5.41, 5.74) is 0.816. The first-order valence-electron chi connectivity index (χ1n) is 6.25. The minimum absolute atomic E-state index is 0.0863. The lowest BCUT2D eigenvalue weighted by Crippen LogP contribution is -2.34. The summed E-state index contributed by atoms with van der Waals surface area (Å²) >= 11 is 0. The Bertz CT molecular complexity index is 528. The van der Waals surface area contributed by atoms with E-state index in [-0.39, 0.29) is 6.04 Å². The molecule has 2 rings (SSSR count). The summed E-state index contributed by atoms with van der Waals surface area (Å²) in [5, 5.41) is 2.97. The quantitative estimate of drug-likeness (QED) is 0.914. The zero-order chi connectivity index (χ0) is 13.3. The topological polar surface area (TPSA) is 49.4 Å². The van der Waals surface area contributed by atoms with Crippen molar-refractivity contribution in [2.24, 2.45) is 5.92 Å². The highest BCUT2D eigenvalue weighted by Crippen LogP contribution is 2.29. The van der Waals surface area contributed by atoms with E-state index in [0.717, 1.165) is 12.1 Å². The summed E-state index contributed by atoms with van der Waals surface area (Å²) in [6, 6.07) is 7.05. The first-order chi connectivity index (χ1) is 8.45. The van der Waals surface area contributed by atoms with Gasteiger partial charge in [0, 0.05) is 25.3 Å². The van der Waals surface area contributed by atoms with Crippen molar-refractivity contribution in [1.82, 2.24) is 4.31 Å². The predicted molar refractivity (Wildman–Crippen MR) is 73.1 cm³/mol. The fourth-order valence-electron chi connectivity index (χ4n) is 2.54. The van der Waals surface area contributed by atoms with Crippen LogP contribution in [0.15, 0.2) is 29.2 Å². The van der Waals surface area contributed by atoms with E-state index in [9.17, 15) is 8.42 Å². The highest BCUT2D eigenvalue weighted by Gasteiger charge is 2.35. The summed E-state index contributed by atoms with van der Waals surface area (Å²) < 4.78 is 26.7. The maximum atomic E-state index is 12.6. The molecule has 1 saturated heterocycles. The number of anilines is 1. The fourth-order valence-corrected chi connectivity index (χ4v) is 4.35. The third-order valence-electron chi connectivity index (χ3n) is 3.46. The second kappa shape index (κ2) is 4.90. The number of nitrogens with one attached hydrogen (secondary N) is 1. The third-order valence-corrected chi connectivity index (χ3v) is 5.43. The van der Waals surface area contributed by atoms with Crippen LogP contribution in [0.2, 0.25) is 0 Å². The normalized spacial score (nSPS) is 25.3. The third kappa shape index (κ3) is 2.37. The molecule has 0 aliphatic carbocycles. The van der Waals surface area contributed by atoms with Gasteiger partial charge in [0.15, 0.2) is 0 Å². The molecule has 1 fully saturated rings. The van der Waals surface area contributed by atoms with Crippen LogP contribution in [0.5, 0.6) is 0 Å². The van der Waals surface area contributed by atoms with E-state index in [1.807, 2.05) is 13.0 Å². The molecule has 5 heteroatoms. The van der Waals surface area contributed by atoms with Gasteiger partial charge in [-0.1, -0.05) is 13.0 Å². The molecule has 1 aliphatic heterocycles. The van der Waals surface area contributed by atoms with Gasteiger partial charge >= 0.3 is 0 Å². The van der Waals surface area contributed by atoms with Crippen molar-refractivity contribution in [3.63, 3.8) is 0 Å². The van der Waals surface area contributed by atoms with Gasteiger partial charge in [0.05, 0.1) is 4.90 Å². The number of hydrogen-bond donors (Lipinski definition) is 1. The van der Waals surface area contributed by atoms with Gasteiger partial charge in [-0.25, -0.2) is 8.42 Å². The van der Waals surface area contributed by atoms with Crippen molar-refractivity contribution in [3.05, 3.63) is 24.3 Å². The SMILES string of the molecule is CNc1cccc(S(=O)(=O)N2CC(C)CC2C)c1. The average molecular weight is 268 g/mol. The number of hydrogen-bond acceptors (Lipinski definition) is 3. The molecular weight excluding hydrogens is 248 g/mol. The lowest BCUT2D eigenvalue weighted by Gasteiger charge is -2.21. The van der Waals surface area contributed by atoms with Crippen molar-refractivity contribution in [2.75, 3.05) is 18.9 Å². The molecule has 2 unspecified atom stereocenters. The summed E-state index contributed by atoms with van der Waals surface area (Å²) in [7, 11) is -1.58.